The minimum absolute atomic E-state index is 0.426. The van der Waals surface area contributed by atoms with Crippen LogP contribution in [0.3, 0.4) is 0 Å². The van der Waals surface area contributed by atoms with Crippen LogP contribution in [-0.2, 0) is 9.53 Å². The second-order valence-electron chi connectivity index (χ2n) is 4.07. The fourth-order valence-corrected chi connectivity index (χ4v) is 2.40. The number of methoxy groups -OCH3 is 1. The van der Waals surface area contributed by atoms with Crippen LogP contribution in [0.2, 0.25) is 0 Å². The van der Waals surface area contributed by atoms with Crippen LogP contribution in [-0.4, -0.2) is 23.3 Å². The number of hydrogen-bond donors (Lipinski definition) is 0. The third-order valence-corrected chi connectivity index (χ3v) is 3.49. The van der Waals surface area contributed by atoms with E-state index in [9.17, 15) is 22.4 Å². The Morgan fingerprint density at radius 1 is 1.32 bits per heavy atom. The zero-order valence-electron chi connectivity index (χ0n) is 11.5. The average molecular weight is 332 g/mol. The highest BCUT2D eigenvalue weighted by Crippen LogP contribution is 2.43. The monoisotopic (exact) mass is 332 g/mol. The van der Waals surface area contributed by atoms with Crippen molar-refractivity contribution >= 4 is 23.8 Å². The molecule has 1 rings (SSSR count). The lowest BCUT2D eigenvalue weighted by molar-refractivity contribution is -0.141. The molecule has 0 spiro atoms. The van der Waals surface area contributed by atoms with E-state index >= 15 is 0 Å². The van der Waals surface area contributed by atoms with E-state index in [2.05, 4.69) is 17.0 Å². The molecule has 1 unspecified atom stereocenters. The summed E-state index contributed by atoms with van der Waals surface area (Å²) >= 11 is -0.564. The predicted molar refractivity (Wildman–Crippen MR) is 77.5 cm³/mol. The van der Waals surface area contributed by atoms with Gasteiger partial charge in [-0.2, -0.15) is 13.2 Å². The van der Waals surface area contributed by atoms with Crippen LogP contribution >= 0.6 is 11.8 Å². The first-order valence-corrected chi connectivity index (χ1v) is 6.71. The van der Waals surface area contributed by atoms with Crippen molar-refractivity contribution < 1.29 is 27.1 Å². The van der Waals surface area contributed by atoms with Gasteiger partial charge in [-0.05, 0) is 35.5 Å². The number of thioether (sulfide) groups is 1. The van der Waals surface area contributed by atoms with Crippen LogP contribution in [0.5, 0.6) is 0 Å². The maximum Gasteiger partial charge on any atom is 0.443 e. The fourth-order valence-electron chi connectivity index (χ4n) is 1.58. The molecular weight excluding hydrogens is 320 g/mol. The highest BCUT2D eigenvalue weighted by Gasteiger charge is 2.46. The van der Waals surface area contributed by atoms with Gasteiger partial charge in [-0.3, -0.25) is 0 Å². The maximum atomic E-state index is 12.8. The number of rotatable bonds is 5. The first-order valence-electron chi connectivity index (χ1n) is 5.89. The van der Waals surface area contributed by atoms with E-state index in [4.69, 9.17) is 0 Å². The minimum atomic E-state index is -4.69. The molecule has 0 aliphatic heterocycles. The Kier molecular flexibility index (Phi) is 6.02. The van der Waals surface area contributed by atoms with E-state index < -0.39 is 33.8 Å². The molecule has 0 N–H and O–H groups in total. The molecular formula is C15H12F4O2S. The van der Waals surface area contributed by atoms with Crippen molar-refractivity contribution in [2.75, 3.05) is 7.11 Å². The van der Waals surface area contributed by atoms with Crippen molar-refractivity contribution in [3.63, 3.8) is 0 Å². The molecule has 22 heavy (non-hydrogen) atoms. The van der Waals surface area contributed by atoms with Gasteiger partial charge in [0, 0.05) is 0 Å². The number of carbonyl (C=O) groups excluding carboxylic acids is 1. The van der Waals surface area contributed by atoms with Crippen LogP contribution in [0.4, 0.5) is 17.6 Å². The summed E-state index contributed by atoms with van der Waals surface area (Å²) in [5.74, 6) is -1.60. The lowest BCUT2D eigenvalue weighted by Gasteiger charge is -2.23. The lowest BCUT2D eigenvalue weighted by Crippen LogP contribution is -2.35. The second-order valence-corrected chi connectivity index (χ2v) is 5.41. The highest BCUT2D eigenvalue weighted by molar-refractivity contribution is 8.02. The normalized spacial score (nSPS) is 14.2. The van der Waals surface area contributed by atoms with E-state index in [1.54, 1.807) is 0 Å². The number of alkyl halides is 3. The van der Waals surface area contributed by atoms with E-state index in [0.29, 0.717) is 5.56 Å². The summed E-state index contributed by atoms with van der Waals surface area (Å²) in [7, 11) is 0.983. The SMILES string of the molecule is C=C=CC(/C=C/c1ccc(F)cc1)(SC(F)(F)F)C(=O)OC. The van der Waals surface area contributed by atoms with Crippen molar-refractivity contribution in [1.29, 1.82) is 0 Å². The smallest absolute Gasteiger partial charge is 0.443 e. The average Bonchev–Trinajstić information content (AvgIpc) is 2.44. The summed E-state index contributed by atoms with van der Waals surface area (Å²) in [6.07, 6.45) is 3.16. The zero-order valence-corrected chi connectivity index (χ0v) is 12.3. The van der Waals surface area contributed by atoms with Crippen LogP contribution in [0, 0.1) is 5.82 Å². The maximum absolute atomic E-state index is 12.8. The summed E-state index contributed by atoms with van der Waals surface area (Å²) in [5.41, 5.74) is -2.08. The van der Waals surface area contributed by atoms with Gasteiger partial charge in [0.1, 0.15) is 5.82 Å². The van der Waals surface area contributed by atoms with E-state index in [-0.39, 0.29) is 0 Å². The largest absolute Gasteiger partial charge is 0.467 e. The molecule has 0 aromatic heterocycles. The van der Waals surface area contributed by atoms with E-state index in [0.717, 1.165) is 31.4 Å². The van der Waals surface area contributed by atoms with Crippen molar-refractivity contribution in [2.45, 2.75) is 10.3 Å². The van der Waals surface area contributed by atoms with E-state index in [1.807, 2.05) is 0 Å². The molecule has 0 radical (unpaired) electrons. The fraction of sp³-hybridized carbons (Fsp3) is 0.200. The quantitative estimate of drug-likeness (QED) is 0.456. The molecule has 1 aromatic rings. The van der Waals surface area contributed by atoms with Gasteiger partial charge in [-0.25, -0.2) is 9.18 Å². The van der Waals surface area contributed by atoms with Crippen LogP contribution in [0.25, 0.3) is 6.08 Å². The van der Waals surface area contributed by atoms with E-state index in [1.165, 1.54) is 18.2 Å². The molecule has 0 saturated heterocycles. The Labute approximate surface area is 129 Å². The first kappa shape index (κ1) is 18.1. The standard InChI is InChI=1S/C15H12F4O2S/c1-3-9-14(13(20)21-2,22-15(17,18)19)10-8-11-4-6-12(16)7-5-11/h4-10H,1H2,2H3/b10-8+. The van der Waals surface area contributed by atoms with Gasteiger partial charge in [0.25, 0.3) is 0 Å². The molecule has 2 nitrogen and oxygen atoms in total. The Morgan fingerprint density at radius 3 is 2.36 bits per heavy atom. The number of ether oxygens (including phenoxy) is 1. The third kappa shape index (κ3) is 5.09. The second kappa shape index (κ2) is 7.33. The van der Waals surface area contributed by atoms with Crippen molar-refractivity contribution in [1.82, 2.24) is 0 Å². The van der Waals surface area contributed by atoms with Gasteiger partial charge >= 0.3 is 11.5 Å². The molecule has 0 aliphatic carbocycles. The summed E-state index contributed by atoms with van der Waals surface area (Å²) in [6.45, 7) is 3.21. The molecule has 0 heterocycles. The van der Waals surface area contributed by atoms with Gasteiger partial charge in [0.2, 0.25) is 0 Å². The zero-order chi connectivity index (χ0) is 16.8. The molecule has 7 heteroatoms. The van der Waals surface area contributed by atoms with Crippen LogP contribution in [0.1, 0.15) is 5.56 Å². The van der Waals surface area contributed by atoms with Gasteiger partial charge in [0.15, 0.2) is 4.75 Å². The van der Waals surface area contributed by atoms with Crippen LogP contribution < -0.4 is 0 Å². The first-order chi connectivity index (χ1) is 10.2. The van der Waals surface area contributed by atoms with Crippen molar-refractivity contribution in [2.24, 2.45) is 0 Å². The lowest BCUT2D eigenvalue weighted by atomic mass is 10.1. The predicted octanol–water partition coefficient (Wildman–Crippen LogP) is 4.34. The Balaban J connectivity index is 3.26. The number of benzene rings is 1. The Bertz CT molecular complexity index is 601. The molecule has 0 amide bonds. The van der Waals surface area contributed by atoms with Gasteiger partial charge in [-0.15, -0.1) is 5.73 Å². The molecule has 1 aromatic carbocycles. The summed E-state index contributed by atoms with van der Waals surface area (Å²) in [5, 5.41) is 0. The van der Waals surface area contributed by atoms with Gasteiger partial charge < -0.3 is 4.74 Å². The number of carbonyl (C=O) groups is 1. The van der Waals surface area contributed by atoms with Crippen LogP contribution in [0.15, 0.2) is 48.7 Å². The Hall–Kier alpha value is -1.98. The molecule has 118 valence electrons. The number of halogens is 4. The van der Waals surface area contributed by atoms with Gasteiger partial charge in [-0.1, -0.05) is 30.9 Å². The molecule has 0 aliphatic rings. The third-order valence-electron chi connectivity index (χ3n) is 2.50. The molecule has 1 atom stereocenters. The highest BCUT2D eigenvalue weighted by atomic mass is 32.2. The molecule has 0 fully saturated rings. The minimum Gasteiger partial charge on any atom is -0.467 e. The summed E-state index contributed by atoms with van der Waals surface area (Å²) in [6, 6.07) is 5.03. The van der Waals surface area contributed by atoms with Gasteiger partial charge in [0.05, 0.1) is 7.11 Å². The van der Waals surface area contributed by atoms with Crippen molar-refractivity contribution in [3.8, 4) is 0 Å². The Morgan fingerprint density at radius 2 is 1.91 bits per heavy atom. The number of hydrogen-bond acceptors (Lipinski definition) is 3. The topological polar surface area (TPSA) is 26.3 Å². The number of esters is 1. The summed E-state index contributed by atoms with van der Waals surface area (Å²) < 4.78 is 53.4. The van der Waals surface area contributed by atoms with Crippen molar-refractivity contribution in [3.05, 3.63) is 60.1 Å². The molecule has 0 saturated carbocycles. The summed E-state index contributed by atoms with van der Waals surface area (Å²) in [4.78, 5) is 11.8. The molecule has 0 bridgehead atoms.